The van der Waals surface area contributed by atoms with Crippen LogP contribution in [0.15, 0.2) is 42.5 Å². The van der Waals surface area contributed by atoms with E-state index in [9.17, 15) is 13.2 Å². The zero-order chi connectivity index (χ0) is 22.3. The number of nitrogens with zero attached hydrogens (tertiary/aromatic N) is 1. The molecule has 2 aromatic carbocycles. The molecule has 0 aliphatic rings. The molecule has 0 spiro atoms. The Labute approximate surface area is 180 Å². The summed E-state index contributed by atoms with van der Waals surface area (Å²) in [6, 6.07) is 13.2. The van der Waals surface area contributed by atoms with Crippen molar-refractivity contribution in [3.8, 4) is 5.75 Å². The molecule has 7 heteroatoms. The van der Waals surface area contributed by atoms with Crippen LogP contribution < -0.4 is 14.4 Å². The van der Waals surface area contributed by atoms with Crippen LogP contribution in [0.1, 0.15) is 49.4 Å². The van der Waals surface area contributed by atoms with Crippen LogP contribution in [0, 0.1) is 13.8 Å². The van der Waals surface area contributed by atoms with Crippen LogP contribution in [-0.4, -0.2) is 33.7 Å². The third-order valence-electron chi connectivity index (χ3n) is 4.87. The minimum Gasteiger partial charge on any atom is -0.494 e. The fourth-order valence-electron chi connectivity index (χ4n) is 3.25. The number of anilines is 1. The Bertz CT molecular complexity index is 956. The standard InChI is InChI=1S/C23H32N2O4S/c1-6-29-21-13-11-20(12-14-21)19(4)24-23(26)8-7-15-25(30(5,27)28)22-16-17(2)9-10-18(22)3/h9-14,16,19H,6-8,15H2,1-5H3,(H,24,26)/t19-/m0/s1. The van der Waals surface area contributed by atoms with Crippen LogP contribution in [0.3, 0.4) is 0 Å². The maximum absolute atomic E-state index is 12.4. The van der Waals surface area contributed by atoms with E-state index in [1.807, 2.05) is 70.2 Å². The number of aryl methyl sites for hydroxylation is 2. The fourth-order valence-corrected chi connectivity index (χ4v) is 4.27. The molecule has 1 amide bonds. The average Bonchev–Trinajstić information content (AvgIpc) is 2.67. The first-order valence-electron chi connectivity index (χ1n) is 10.2. The Morgan fingerprint density at radius 2 is 1.80 bits per heavy atom. The summed E-state index contributed by atoms with van der Waals surface area (Å²) in [5.74, 6) is 0.692. The molecule has 164 valence electrons. The average molecular weight is 433 g/mol. The minimum atomic E-state index is -3.44. The van der Waals surface area contributed by atoms with Crippen molar-refractivity contribution in [3.05, 3.63) is 59.2 Å². The lowest BCUT2D eigenvalue weighted by atomic mass is 10.1. The predicted molar refractivity (Wildman–Crippen MR) is 122 cm³/mol. The SMILES string of the molecule is CCOc1ccc([C@H](C)NC(=O)CCCN(c2cc(C)ccc2C)S(C)(=O)=O)cc1. The smallest absolute Gasteiger partial charge is 0.232 e. The third kappa shape index (κ3) is 6.76. The van der Waals surface area contributed by atoms with Gasteiger partial charge >= 0.3 is 0 Å². The lowest BCUT2D eigenvalue weighted by molar-refractivity contribution is -0.121. The summed E-state index contributed by atoms with van der Waals surface area (Å²) in [4.78, 5) is 12.4. The number of rotatable bonds is 10. The zero-order valence-corrected chi connectivity index (χ0v) is 19.3. The monoisotopic (exact) mass is 432 g/mol. The zero-order valence-electron chi connectivity index (χ0n) is 18.4. The molecule has 0 bridgehead atoms. The number of amides is 1. The van der Waals surface area contributed by atoms with Gasteiger partial charge in [0.25, 0.3) is 0 Å². The molecule has 0 fully saturated rings. The van der Waals surface area contributed by atoms with Gasteiger partial charge in [-0.1, -0.05) is 24.3 Å². The molecule has 2 aromatic rings. The van der Waals surface area contributed by atoms with Crippen molar-refractivity contribution < 1.29 is 17.9 Å². The maximum Gasteiger partial charge on any atom is 0.232 e. The van der Waals surface area contributed by atoms with Crippen LogP contribution in [-0.2, 0) is 14.8 Å². The first kappa shape index (κ1) is 23.7. The van der Waals surface area contributed by atoms with Gasteiger partial charge in [-0.15, -0.1) is 0 Å². The topological polar surface area (TPSA) is 75.7 Å². The molecule has 0 aliphatic heterocycles. The molecular formula is C23H32N2O4S. The summed E-state index contributed by atoms with van der Waals surface area (Å²) < 4.78 is 31.5. The number of nitrogens with one attached hydrogen (secondary N) is 1. The highest BCUT2D eigenvalue weighted by atomic mass is 32.2. The third-order valence-corrected chi connectivity index (χ3v) is 6.05. The van der Waals surface area contributed by atoms with Crippen molar-refractivity contribution in [2.24, 2.45) is 0 Å². The van der Waals surface area contributed by atoms with Gasteiger partial charge in [-0.05, 0) is 69.0 Å². The van der Waals surface area contributed by atoms with E-state index in [-0.39, 0.29) is 24.9 Å². The van der Waals surface area contributed by atoms with Crippen molar-refractivity contribution in [2.45, 2.75) is 46.6 Å². The molecule has 0 radical (unpaired) electrons. The van der Waals surface area contributed by atoms with Gasteiger partial charge in [0.2, 0.25) is 15.9 Å². The number of carbonyl (C=O) groups is 1. The molecule has 0 unspecified atom stereocenters. The molecule has 1 N–H and O–H groups in total. The summed E-state index contributed by atoms with van der Waals surface area (Å²) in [7, 11) is -3.44. The van der Waals surface area contributed by atoms with Gasteiger partial charge in [0, 0.05) is 13.0 Å². The van der Waals surface area contributed by atoms with E-state index < -0.39 is 10.0 Å². The molecule has 6 nitrogen and oxygen atoms in total. The number of carbonyl (C=O) groups excluding carboxylic acids is 1. The summed E-state index contributed by atoms with van der Waals surface area (Å²) in [5.41, 5.74) is 3.53. The molecule has 30 heavy (non-hydrogen) atoms. The number of benzene rings is 2. The van der Waals surface area contributed by atoms with E-state index in [1.54, 1.807) is 0 Å². The van der Waals surface area contributed by atoms with Gasteiger partial charge in [0.05, 0.1) is 24.6 Å². The Morgan fingerprint density at radius 1 is 1.13 bits per heavy atom. The van der Waals surface area contributed by atoms with Crippen molar-refractivity contribution in [3.63, 3.8) is 0 Å². The Balaban J connectivity index is 1.94. The van der Waals surface area contributed by atoms with Crippen LogP contribution >= 0.6 is 0 Å². The fraction of sp³-hybridized carbons (Fsp3) is 0.435. The minimum absolute atomic E-state index is 0.106. The van der Waals surface area contributed by atoms with E-state index in [0.717, 1.165) is 22.4 Å². The van der Waals surface area contributed by atoms with Crippen LogP contribution in [0.5, 0.6) is 5.75 Å². The van der Waals surface area contributed by atoms with Crippen molar-refractivity contribution >= 4 is 21.6 Å². The molecule has 0 heterocycles. The first-order valence-corrected chi connectivity index (χ1v) is 12.0. The highest BCUT2D eigenvalue weighted by Gasteiger charge is 2.20. The lowest BCUT2D eigenvalue weighted by Gasteiger charge is -2.24. The second-order valence-electron chi connectivity index (χ2n) is 7.52. The van der Waals surface area contributed by atoms with Gasteiger partial charge in [0.1, 0.15) is 5.75 Å². The van der Waals surface area contributed by atoms with Crippen LogP contribution in [0.2, 0.25) is 0 Å². The van der Waals surface area contributed by atoms with Crippen molar-refractivity contribution in [2.75, 3.05) is 23.7 Å². The normalized spacial score (nSPS) is 12.3. The maximum atomic E-state index is 12.4. The van der Waals surface area contributed by atoms with Crippen molar-refractivity contribution in [1.29, 1.82) is 0 Å². The largest absolute Gasteiger partial charge is 0.494 e. The van der Waals surface area contributed by atoms with E-state index in [4.69, 9.17) is 4.74 Å². The molecule has 2 rings (SSSR count). The Hall–Kier alpha value is -2.54. The first-order chi connectivity index (χ1) is 14.1. The Morgan fingerprint density at radius 3 is 2.40 bits per heavy atom. The highest BCUT2D eigenvalue weighted by Crippen LogP contribution is 2.24. The second kappa shape index (κ2) is 10.5. The summed E-state index contributed by atoms with van der Waals surface area (Å²) in [6.45, 7) is 8.54. The summed E-state index contributed by atoms with van der Waals surface area (Å²) in [5, 5.41) is 2.97. The quantitative estimate of drug-likeness (QED) is 0.613. The summed E-state index contributed by atoms with van der Waals surface area (Å²) in [6.07, 6.45) is 1.88. The molecule has 0 aromatic heterocycles. The van der Waals surface area contributed by atoms with E-state index >= 15 is 0 Å². The molecule has 0 aliphatic carbocycles. The van der Waals surface area contributed by atoms with Crippen LogP contribution in [0.4, 0.5) is 5.69 Å². The van der Waals surface area contributed by atoms with E-state index in [0.29, 0.717) is 18.7 Å². The van der Waals surface area contributed by atoms with Gasteiger partial charge in [-0.25, -0.2) is 8.42 Å². The molecule has 1 atom stereocenters. The molecule has 0 saturated carbocycles. The molecular weight excluding hydrogens is 400 g/mol. The van der Waals surface area contributed by atoms with Crippen molar-refractivity contribution in [1.82, 2.24) is 5.32 Å². The lowest BCUT2D eigenvalue weighted by Crippen LogP contribution is -2.33. The van der Waals surface area contributed by atoms with E-state index in [2.05, 4.69) is 5.32 Å². The van der Waals surface area contributed by atoms with Gasteiger partial charge in [-0.3, -0.25) is 9.10 Å². The van der Waals surface area contributed by atoms with E-state index in [1.165, 1.54) is 10.6 Å². The van der Waals surface area contributed by atoms with Gasteiger partial charge < -0.3 is 10.1 Å². The van der Waals surface area contributed by atoms with Gasteiger partial charge in [-0.2, -0.15) is 0 Å². The molecule has 0 saturated heterocycles. The van der Waals surface area contributed by atoms with Gasteiger partial charge in [0.15, 0.2) is 0 Å². The second-order valence-corrected chi connectivity index (χ2v) is 9.43. The number of ether oxygens (including phenoxy) is 1. The number of hydrogen-bond acceptors (Lipinski definition) is 4. The highest BCUT2D eigenvalue weighted by molar-refractivity contribution is 7.92. The number of sulfonamides is 1. The summed E-state index contributed by atoms with van der Waals surface area (Å²) >= 11 is 0. The van der Waals surface area contributed by atoms with Crippen LogP contribution in [0.25, 0.3) is 0 Å². The Kier molecular flexibility index (Phi) is 8.29. The number of hydrogen-bond donors (Lipinski definition) is 1. The predicted octanol–water partition coefficient (Wildman–Crippen LogP) is 4.13.